The number of nitrogen functional groups attached to an aromatic ring is 1. The topological polar surface area (TPSA) is 96.0 Å². The minimum atomic E-state index is -4.04. The molecule has 2 aromatic carbocycles. The van der Waals surface area contributed by atoms with Crippen LogP contribution in [0.25, 0.3) is 0 Å². The van der Waals surface area contributed by atoms with Gasteiger partial charge in [0.05, 0.1) is 21.4 Å². The highest BCUT2D eigenvalue weighted by molar-refractivity contribution is 9.10. The van der Waals surface area contributed by atoms with Crippen molar-refractivity contribution >= 4 is 37.3 Å². The van der Waals surface area contributed by atoms with E-state index in [9.17, 15) is 12.8 Å². The molecule has 8 heteroatoms. The fourth-order valence-corrected chi connectivity index (χ4v) is 3.36. The number of hydrogen-bond donors (Lipinski definition) is 2. The molecule has 0 radical (unpaired) electrons. The van der Waals surface area contributed by atoms with E-state index in [4.69, 9.17) is 11.0 Å². The lowest BCUT2D eigenvalue weighted by atomic mass is 10.2. The van der Waals surface area contributed by atoms with Crippen molar-refractivity contribution in [3.8, 4) is 6.07 Å². The molecule has 5 nitrogen and oxygen atoms in total. The summed E-state index contributed by atoms with van der Waals surface area (Å²) in [5.41, 5.74) is 5.62. The molecule has 0 saturated carbocycles. The Hall–Kier alpha value is -2.11. The molecular weight excluding hydrogens is 361 g/mol. The van der Waals surface area contributed by atoms with Gasteiger partial charge in [-0.15, -0.1) is 0 Å². The Morgan fingerprint density at radius 1 is 1.29 bits per heavy atom. The van der Waals surface area contributed by atoms with Crippen LogP contribution >= 0.6 is 15.9 Å². The quantitative estimate of drug-likeness (QED) is 0.812. The zero-order valence-electron chi connectivity index (χ0n) is 10.5. The van der Waals surface area contributed by atoms with E-state index >= 15 is 0 Å². The molecule has 0 amide bonds. The van der Waals surface area contributed by atoms with Crippen LogP contribution in [0.5, 0.6) is 0 Å². The number of anilines is 2. The minimum absolute atomic E-state index is 0.0226. The van der Waals surface area contributed by atoms with E-state index in [1.165, 1.54) is 12.1 Å². The van der Waals surface area contributed by atoms with Crippen LogP contribution < -0.4 is 10.5 Å². The van der Waals surface area contributed by atoms with Gasteiger partial charge in [0.1, 0.15) is 16.8 Å². The molecule has 0 saturated heterocycles. The fourth-order valence-electron chi connectivity index (χ4n) is 1.65. The van der Waals surface area contributed by atoms with Crippen LogP contribution in [0.1, 0.15) is 5.56 Å². The largest absolute Gasteiger partial charge is 0.398 e. The van der Waals surface area contributed by atoms with Crippen molar-refractivity contribution < 1.29 is 12.8 Å². The second-order valence-electron chi connectivity index (χ2n) is 4.07. The van der Waals surface area contributed by atoms with E-state index in [0.717, 1.165) is 12.1 Å². The summed E-state index contributed by atoms with van der Waals surface area (Å²) < 4.78 is 40.2. The van der Waals surface area contributed by atoms with E-state index < -0.39 is 15.8 Å². The number of halogens is 2. The van der Waals surface area contributed by atoms with E-state index in [1.54, 1.807) is 12.1 Å². The number of nitriles is 1. The highest BCUT2D eigenvalue weighted by Crippen LogP contribution is 2.28. The molecule has 0 aliphatic carbocycles. The standard InChI is InChI=1S/C13H9BrFN3O2S/c14-9-5-13(11(17)6-10(9)15)21(19,20)18-12-4-2-1-3-8(12)7-16/h1-6,18H,17H2. The van der Waals surface area contributed by atoms with E-state index in [-0.39, 0.29) is 26.3 Å². The van der Waals surface area contributed by atoms with Crippen LogP contribution in [0.15, 0.2) is 45.8 Å². The molecule has 0 bridgehead atoms. The molecule has 0 spiro atoms. The molecule has 0 fully saturated rings. The lowest BCUT2D eigenvalue weighted by Crippen LogP contribution is -2.16. The third-order valence-electron chi connectivity index (χ3n) is 2.63. The molecule has 0 aromatic heterocycles. The SMILES string of the molecule is N#Cc1ccccc1NS(=O)(=O)c1cc(Br)c(F)cc1N. The Morgan fingerprint density at radius 3 is 2.62 bits per heavy atom. The molecule has 0 aliphatic heterocycles. The molecule has 0 atom stereocenters. The van der Waals surface area contributed by atoms with Gasteiger partial charge in [-0.2, -0.15) is 5.26 Å². The summed E-state index contributed by atoms with van der Waals surface area (Å²) in [4.78, 5) is -0.275. The maximum absolute atomic E-state index is 13.3. The van der Waals surface area contributed by atoms with Gasteiger partial charge in [-0.3, -0.25) is 4.72 Å². The number of para-hydroxylation sites is 1. The highest BCUT2D eigenvalue weighted by Gasteiger charge is 2.21. The molecule has 0 heterocycles. The number of rotatable bonds is 3. The van der Waals surface area contributed by atoms with Crippen LogP contribution in [0.3, 0.4) is 0 Å². The Labute approximate surface area is 129 Å². The highest BCUT2D eigenvalue weighted by atomic mass is 79.9. The van der Waals surface area contributed by atoms with Crippen LogP contribution in [-0.2, 0) is 10.0 Å². The number of sulfonamides is 1. The zero-order chi connectivity index (χ0) is 15.6. The van der Waals surface area contributed by atoms with Gasteiger partial charge in [0, 0.05) is 0 Å². The fraction of sp³-hybridized carbons (Fsp3) is 0. The molecule has 21 heavy (non-hydrogen) atoms. The Morgan fingerprint density at radius 2 is 1.95 bits per heavy atom. The van der Waals surface area contributed by atoms with Crippen LogP contribution in [0, 0.1) is 17.1 Å². The predicted octanol–water partition coefficient (Wildman–Crippen LogP) is 2.84. The van der Waals surface area contributed by atoms with E-state index in [1.807, 2.05) is 6.07 Å². The van der Waals surface area contributed by atoms with Crippen molar-refractivity contribution in [3.05, 3.63) is 52.3 Å². The van der Waals surface area contributed by atoms with Gasteiger partial charge in [0.2, 0.25) is 0 Å². The van der Waals surface area contributed by atoms with Gasteiger partial charge in [0.15, 0.2) is 0 Å². The lowest BCUT2D eigenvalue weighted by molar-refractivity contribution is 0.599. The van der Waals surface area contributed by atoms with Gasteiger partial charge in [-0.05, 0) is 40.2 Å². The minimum Gasteiger partial charge on any atom is -0.398 e. The van der Waals surface area contributed by atoms with Gasteiger partial charge >= 0.3 is 0 Å². The van der Waals surface area contributed by atoms with Gasteiger partial charge in [-0.1, -0.05) is 12.1 Å². The summed E-state index contributed by atoms with van der Waals surface area (Å²) in [6.07, 6.45) is 0. The molecular formula is C13H9BrFN3O2S. The van der Waals surface area contributed by atoms with Crippen molar-refractivity contribution in [1.82, 2.24) is 0 Å². The van der Waals surface area contributed by atoms with Crippen molar-refractivity contribution in [1.29, 1.82) is 5.26 Å². The summed E-state index contributed by atoms with van der Waals surface area (Å²) in [5.74, 6) is -0.663. The second kappa shape index (κ2) is 5.71. The zero-order valence-corrected chi connectivity index (χ0v) is 12.9. The maximum atomic E-state index is 13.3. The predicted molar refractivity (Wildman–Crippen MR) is 80.5 cm³/mol. The van der Waals surface area contributed by atoms with Crippen molar-refractivity contribution in [2.45, 2.75) is 4.90 Å². The smallest absolute Gasteiger partial charge is 0.264 e. The number of nitrogens with zero attached hydrogens (tertiary/aromatic N) is 1. The Balaban J connectivity index is 2.49. The number of nitrogens with two attached hydrogens (primary N) is 1. The molecule has 0 aliphatic rings. The van der Waals surface area contributed by atoms with Crippen LogP contribution in [0.4, 0.5) is 15.8 Å². The van der Waals surface area contributed by atoms with Crippen molar-refractivity contribution in [3.63, 3.8) is 0 Å². The van der Waals surface area contributed by atoms with Gasteiger partial charge < -0.3 is 5.73 Å². The second-order valence-corrected chi connectivity index (χ2v) is 6.57. The molecule has 2 aromatic rings. The number of hydrogen-bond acceptors (Lipinski definition) is 4. The van der Waals surface area contributed by atoms with Gasteiger partial charge in [0.25, 0.3) is 10.0 Å². The first-order chi connectivity index (χ1) is 9.85. The third-order valence-corrected chi connectivity index (χ3v) is 4.66. The molecule has 108 valence electrons. The van der Waals surface area contributed by atoms with Crippen molar-refractivity contribution in [2.75, 3.05) is 10.5 Å². The lowest BCUT2D eigenvalue weighted by Gasteiger charge is -2.11. The summed E-state index contributed by atoms with van der Waals surface area (Å²) in [7, 11) is -4.04. The van der Waals surface area contributed by atoms with E-state index in [2.05, 4.69) is 20.7 Å². The molecule has 3 N–H and O–H groups in total. The first-order valence-electron chi connectivity index (χ1n) is 5.61. The number of nitrogens with one attached hydrogen (secondary N) is 1. The molecule has 0 unspecified atom stereocenters. The third kappa shape index (κ3) is 3.15. The van der Waals surface area contributed by atoms with Crippen LogP contribution in [0.2, 0.25) is 0 Å². The average Bonchev–Trinajstić information content (AvgIpc) is 2.43. The summed E-state index contributed by atoms with van der Waals surface area (Å²) in [6.45, 7) is 0. The summed E-state index contributed by atoms with van der Waals surface area (Å²) >= 11 is 2.91. The van der Waals surface area contributed by atoms with E-state index in [0.29, 0.717) is 0 Å². The monoisotopic (exact) mass is 369 g/mol. The summed E-state index contributed by atoms with van der Waals surface area (Å²) in [5, 5.41) is 8.95. The summed E-state index contributed by atoms with van der Waals surface area (Å²) in [6, 6.07) is 9.98. The average molecular weight is 370 g/mol. The van der Waals surface area contributed by atoms with Crippen molar-refractivity contribution in [2.24, 2.45) is 0 Å². The first-order valence-corrected chi connectivity index (χ1v) is 7.89. The van der Waals surface area contributed by atoms with Crippen LogP contribution in [-0.4, -0.2) is 8.42 Å². The number of benzene rings is 2. The Bertz CT molecular complexity index is 847. The first kappa shape index (κ1) is 15.3. The normalized spacial score (nSPS) is 10.9. The molecule has 2 rings (SSSR count). The Kier molecular flexibility index (Phi) is 4.16. The maximum Gasteiger partial charge on any atom is 0.264 e. The van der Waals surface area contributed by atoms with Gasteiger partial charge in [-0.25, -0.2) is 12.8 Å².